The van der Waals surface area contributed by atoms with Crippen LogP contribution >= 0.6 is 0 Å². The summed E-state index contributed by atoms with van der Waals surface area (Å²) in [6, 6.07) is 7.98. The highest BCUT2D eigenvalue weighted by Gasteiger charge is 2.31. The molecule has 2 unspecified atom stereocenters. The first-order valence-electron chi connectivity index (χ1n) is 7.31. The Kier molecular flexibility index (Phi) is 3.29. The molecule has 18 heavy (non-hydrogen) atoms. The summed E-state index contributed by atoms with van der Waals surface area (Å²) in [4.78, 5) is 0. The van der Waals surface area contributed by atoms with Crippen molar-refractivity contribution in [2.75, 3.05) is 0 Å². The highest BCUT2D eigenvalue weighted by atomic mass is 16.5. The molecular weight excluding hydrogens is 222 g/mol. The molecule has 2 aliphatic rings. The third-order valence-electron chi connectivity index (χ3n) is 3.90. The molecule has 1 aliphatic carbocycles. The molecule has 0 saturated heterocycles. The number of rotatable bonds is 4. The minimum atomic E-state index is 0.325. The lowest BCUT2D eigenvalue weighted by Crippen LogP contribution is -2.32. The molecule has 98 valence electrons. The first-order chi connectivity index (χ1) is 8.76. The van der Waals surface area contributed by atoms with Gasteiger partial charge in [-0.15, -0.1) is 0 Å². The van der Waals surface area contributed by atoms with Gasteiger partial charge in [-0.3, -0.25) is 0 Å². The van der Waals surface area contributed by atoms with Gasteiger partial charge in [0.1, 0.15) is 5.75 Å². The van der Waals surface area contributed by atoms with Gasteiger partial charge in [0.25, 0.3) is 0 Å². The van der Waals surface area contributed by atoms with Crippen molar-refractivity contribution in [3.8, 4) is 5.75 Å². The molecule has 0 bridgehead atoms. The van der Waals surface area contributed by atoms with Gasteiger partial charge in [-0.25, -0.2) is 0 Å². The van der Waals surface area contributed by atoms with Gasteiger partial charge >= 0.3 is 0 Å². The lowest BCUT2D eigenvalue weighted by molar-refractivity contribution is 0.166. The van der Waals surface area contributed by atoms with Gasteiger partial charge in [0.15, 0.2) is 0 Å². The zero-order valence-corrected chi connectivity index (χ0v) is 11.4. The fourth-order valence-electron chi connectivity index (χ4n) is 2.84. The van der Waals surface area contributed by atoms with Gasteiger partial charge in [0.05, 0.1) is 6.10 Å². The van der Waals surface area contributed by atoms with Crippen LogP contribution in [0.4, 0.5) is 0 Å². The third-order valence-corrected chi connectivity index (χ3v) is 3.90. The van der Waals surface area contributed by atoms with Gasteiger partial charge in [-0.05, 0) is 37.8 Å². The van der Waals surface area contributed by atoms with Crippen molar-refractivity contribution in [2.24, 2.45) is 0 Å². The number of aryl methyl sites for hydroxylation is 1. The predicted octanol–water partition coefficient (Wildman–Crippen LogP) is 3.60. The van der Waals surface area contributed by atoms with E-state index in [-0.39, 0.29) is 0 Å². The Morgan fingerprint density at radius 1 is 1.33 bits per heavy atom. The second-order valence-corrected chi connectivity index (χ2v) is 5.78. The zero-order valence-electron chi connectivity index (χ0n) is 11.4. The molecule has 1 aromatic rings. The van der Waals surface area contributed by atoms with E-state index in [4.69, 9.17) is 4.74 Å². The van der Waals surface area contributed by atoms with Crippen molar-refractivity contribution < 1.29 is 4.74 Å². The Morgan fingerprint density at radius 2 is 2.17 bits per heavy atom. The maximum absolute atomic E-state index is 5.96. The molecule has 1 heterocycles. The summed E-state index contributed by atoms with van der Waals surface area (Å²) in [6.07, 6.45) is 6.48. The maximum atomic E-state index is 5.96. The molecule has 2 heteroatoms. The summed E-state index contributed by atoms with van der Waals surface area (Å²) >= 11 is 0. The largest absolute Gasteiger partial charge is 0.490 e. The van der Waals surface area contributed by atoms with Gasteiger partial charge in [0, 0.05) is 24.1 Å². The average molecular weight is 245 g/mol. The van der Waals surface area contributed by atoms with Gasteiger partial charge in [-0.2, -0.15) is 0 Å². The van der Waals surface area contributed by atoms with Gasteiger partial charge in [-0.1, -0.05) is 25.5 Å². The SMILES string of the molecule is CCCc1ccc2c(c1)C(NC1CC1)CC(C)O2. The van der Waals surface area contributed by atoms with E-state index in [0.29, 0.717) is 12.1 Å². The lowest BCUT2D eigenvalue weighted by Gasteiger charge is -2.31. The Hall–Kier alpha value is -1.02. The molecule has 3 rings (SSSR count). The molecule has 1 aromatic carbocycles. The Bertz CT molecular complexity index is 425. The van der Waals surface area contributed by atoms with Crippen molar-refractivity contribution in [2.45, 2.75) is 64.1 Å². The topological polar surface area (TPSA) is 21.3 Å². The van der Waals surface area contributed by atoms with E-state index in [1.54, 1.807) is 0 Å². The quantitative estimate of drug-likeness (QED) is 0.875. The van der Waals surface area contributed by atoms with E-state index >= 15 is 0 Å². The summed E-state index contributed by atoms with van der Waals surface area (Å²) in [6.45, 7) is 4.41. The number of benzene rings is 1. The van der Waals surface area contributed by atoms with Crippen molar-refractivity contribution in [1.29, 1.82) is 0 Å². The lowest BCUT2D eigenvalue weighted by atomic mass is 9.94. The maximum Gasteiger partial charge on any atom is 0.124 e. The van der Waals surface area contributed by atoms with Crippen LogP contribution in [0.1, 0.15) is 56.7 Å². The van der Waals surface area contributed by atoms with E-state index in [2.05, 4.69) is 37.4 Å². The highest BCUT2D eigenvalue weighted by molar-refractivity contribution is 5.41. The summed E-state index contributed by atoms with van der Waals surface area (Å²) in [5.41, 5.74) is 2.82. The minimum Gasteiger partial charge on any atom is -0.490 e. The molecule has 2 atom stereocenters. The molecule has 0 amide bonds. The van der Waals surface area contributed by atoms with Crippen LogP contribution in [0.3, 0.4) is 0 Å². The number of fused-ring (bicyclic) bond motifs is 1. The second kappa shape index (κ2) is 4.93. The first-order valence-corrected chi connectivity index (χ1v) is 7.31. The van der Waals surface area contributed by atoms with Crippen molar-refractivity contribution in [3.63, 3.8) is 0 Å². The van der Waals surface area contributed by atoms with Crippen LogP contribution in [-0.4, -0.2) is 12.1 Å². The number of ether oxygens (including phenoxy) is 1. The van der Waals surface area contributed by atoms with E-state index < -0.39 is 0 Å². The fraction of sp³-hybridized carbons (Fsp3) is 0.625. The molecule has 1 saturated carbocycles. The summed E-state index contributed by atoms with van der Waals surface area (Å²) < 4.78 is 5.96. The van der Waals surface area contributed by atoms with Gasteiger partial charge in [0.2, 0.25) is 0 Å². The van der Waals surface area contributed by atoms with Crippen LogP contribution in [0, 0.1) is 0 Å². The standard InChI is InChI=1S/C16H23NO/c1-3-4-12-5-8-16-14(10-12)15(9-11(2)18-16)17-13-6-7-13/h5,8,10-11,13,15,17H,3-4,6-7,9H2,1-2H3. The molecule has 0 radical (unpaired) electrons. The minimum absolute atomic E-state index is 0.325. The van der Waals surface area contributed by atoms with E-state index in [9.17, 15) is 0 Å². The molecule has 1 fully saturated rings. The van der Waals surface area contributed by atoms with E-state index in [0.717, 1.165) is 18.2 Å². The first kappa shape index (κ1) is 12.0. The molecule has 0 aromatic heterocycles. The average Bonchev–Trinajstić information content (AvgIpc) is 3.14. The van der Waals surface area contributed by atoms with Crippen LogP contribution in [0.5, 0.6) is 5.75 Å². The number of hydrogen-bond donors (Lipinski definition) is 1. The van der Waals surface area contributed by atoms with Crippen LogP contribution in [0.25, 0.3) is 0 Å². The molecular formula is C16H23NO. The smallest absolute Gasteiger partial charge is 0.124 e. The van der Waals surface area contributed by atoms with Crippen LogP contribution in [0.2, 0.25) is 0 Å². The van der Waals surface area contributed by atoms with Crippen LogP contribution < -0.4 is 10.1 Å². The molecule has 1 aliphatic heterocycles. The Labute approximate surface area is 110 Å². The number of hydrogen-bond acceptors (Lipinski definition) is 2. The van der Waals surface area contributed by atoms with Crippen molar-refractivity contribution >= 4 is 0 Å². The van der Waals surface area contributed by atoms with Crippen LogP contribution in [0.15, 0.2) is 18.2 Å². The van der Waals surface area contributed by atoms with Gasteiger partial charge < -0.3 is 10.1 Å². The second-order valence-electron chi connectivity index (χ2n) is 5.78. The van der Waals surface area contributed by atoms with Crippen molar-refractivity contribution in [1.82, 2.24) is 5.32 Å². The van der Waals surface area contributed by atoms with E-state index in [1.165, 1.54) is 36.8 Å². The molecule has 1 N–H and O–H groups in total. The summed E-state index contributed by atoms with van der Waals surface area (Å²) in [5.74, 6) is 1.09. The predicted molar refractivity (Wildman–Crippen MR) is 74.0 cm³/mol. The monoisotopic (exact) mass is 245 g/mol. The molecule has 0 spiro atoms. The Balaban J connectivity index is 1.86. The third kappa shape index (κ3) is 2.54. The van der Waals surface area contributed by atoms with Crippen LogP contribution in [-0.2, 0) is 6.42 Å². The highest BCUT2D eigenvalue weighted by Crippen LogP contribution is 2.37. The normalized spacial score (nSPS) is 26.6. The summed E-state index contributed by atoms with van der Waals surface area (Å²) in [7, 11) is 0. The zero-order chi connectivity index (χ0) is 12.5. The fourth-order valence-corrected chi connectivity index (χ4v) is 2.84. The van der Waals surface area contributed by atoms with E-state index in [1.807, 2.05) is 0 Å². The number of nitrogens with one attached hydrogen (secondary N) is 1. The summed E-state index contributed by atoms with van der Waals surface area (Å²) in [5, 5.41) is 3.77. The molecule has 2 nitrogen and oxygen atoms in total. The Morgan fingerprint density at radius 3 is 2.89 bits per heavy atom. The van der Waals surface area contributed by atoms with Crippen molar-refractivity contribution in [3.05, 3.63) is 29.3 Å².